The average molecular weight is 260 g/mol. The van der Waals surface area contributed by atoms with Gasteiger partial charge in [-0.3, -0.25) is 4.90 Å². The summed E-state index contributed by atoms with van der Waals surface area (Å²) in [5, 5.41) is 3.33. The molecule has 1 fully saturated rings. The van der Waals surface area contributed by atoms with Gasteiger partial charge in [-0.15, -0.1) is 0 Å². The quantitative estimate of drug-likeness (QED) is 0.821. The van der Waals surface area contributed by atoms with E-state index in [2.05, 4.69) is 22.1 Å². The SMILES string of the molecule is COc1ccc(C#CCN2CCNCC2)cc1OC. The van der Waals surface area contributed by atoms with Gasteiger partial charge >= 0.3 is 0 Å². The Morgan fingerprint density at radius 3 is 2.58 bits per heavy atom. The molecule has 0 atom stereocenters. The number of piperazine rings is 1. The smallest absolute Gasteiger partial charge is 0.161 e. The van der Waals surface area contributed by atoms with Crippen LogP contribution in [0.4, 0.5) is 0 Å². The number of ether oxygens (including phenoxy) is 2. The summed E-state index contributed by atoms with van der Waals surface area (Å²) in [6, 6.07) is 5.74. The van der Waals surface area contributed by atoms with Crippen molar-refractivity contribution in [2.24, 2.45) is 0 Å². The number of hydrogen-bond donors (Lipinski definition) is 1. The number of nitrogens with zero attached hydrogens (tertiary/aromatic N) is 1. The molecule has 0 amide bonds. The molecule has 4 heteroatoms. The van der Waals surface area contributed by atoms with Crippen LogP contribution in [0.5, 0.6) is 11.5 Å². The number of methoxy groups -OCH3 is 2. The van der Waals surface area contributed by atoms with Crippen molar-refractivity contribution in [3.8, 4) is 23.3 Å². The first-order chi connectivity index (χ1) is 9.33. The third-order valence-electron chi connectivity index (χ3n) is 3.13. The Balaban J connectivity index is 1.98. The molecule has 1 aliphatic rings. The molecule has 1 N–H and O–H groups in total. The van der Waals surface area contributed by atoms with Crippen LogP contribution in [0.3, 0.4) is 0 Å². The van der Waals surface area contributed by atoms with Crippen molar-refractivity contribution in [2.45, 2.75) is 0 Å². The minimum Gasteiger partial charge on any atom is -0.493 e. The molecule has 2 rings (SSSR count). The van der Waals surface area contributed by atoms with E-state index in [9.17, 15) is 0 Å². The number of nitrogens with one attached hydrogen (secondary N) is 1. The maximum absolute atomic E-state index is 5.26. The van der Waals surface area contributed by atoms with E-state index in [0.717, 1.165) is 49.8 Å². The summed E-state index contributed by atoms with van der Waals surface area (Å²) in [5.41, 5.74) is 0.952. The van der Waals surface area contributed by atoms with Crippen molar-refractivity contribution >= 4 is 0 Å². The van der Waals surface area contributed by atoms with E-state index in [1.807, 2.05) is 18.2 Å². The van der Waals surface area contributed by atoms with E-state index in [0.29, 0.717) is 0 Å². The van der Waals surface area contributed by atoms with Gasteiger partial charge in [-0.1, -0.05) is 11.8 Å². The van der Waals surface area contributed by atoms with Crippen LogP contribution in [0.25, 0.3) is 0 Å². The van der Waals surface area contributed by atoms with Crippen molar-refractivity contribution in [2.75, 3.05) is 46.9 Å². The molecule has 4 nitrogen and oxygen atoms in total. The van der Waals surface area contributed by atoms with Crippen LogP contribution in [0.1, 0.15) is 5.56 Å². The molecule has 1 aliphatic heterocycles. The van der Waals surface area contributed by atoms with Gasteiger partial charge in [-0.2, -0.15) is 0 Å². The molecule has 0 unspecified atom stereocenters. The van der Waals surface area contributed by atoms with Crippen LogP contribution in [-0.2, 0) is 0 Å². The summed E-state index contributed by atoms with van der Waals surface area (Å²) in [4.78, 5) is 2.35. The molecule has 0 radical (unpaired) electrons. The molecule has 0 bridgehead atoms. The Kier molecular flexibility index (Phi) is 5.08. The zero-order valence-corrected chi connectivity index (χ0v) is 11.5. The molecular formula is C15H20N2O2. The summed E-state index contributed by atoms with van der Waals surface area (Å²) in [6.07, 6.45) is 0. The predicted molar refractivity (Wildman–Crippen MR) is 75.7 cm³/mol. The first kappa shape index (κ1) is 13.7. The van der Waals surface area contributed by atoms with Crippen LogP contribution in [-0.4, -0.2) is 51.8 Å². The molecular weight excluding hydrogens is 240 g/mol. The van der Waals surface area contributed by atoms with Gasteiger partial charge in [-0.05, 0) is 18.2 Å². The summed E-state index contributed by atoms with van der Waals surface area (Å²) >= 11 is 0. The van der Waals surface area contributed by atoms with Crippen molar-refractivity contribution in [3.63, 3.8) is 0 Å². The zero-order chi connectivity index (χ0) is 13.5. The Bertz CT molecular complexity index is 471. The largest absolute Gasteiger partial charge is 0.493 e. The van der Waals surface area contributed by atoms with Gasteiger partial charge < -0.3 is 14.8 Å². The predicted octanol–water partition coefficient (Wildman–Crippen LogP) is 0.960. The Labute approximate surface area is 114 Å². The third-order valence-corrected chi connectivity index (χ3v) is 3.13. The highest BCUT2D eigenvalue weighted by Crippen LogP contribution is 2.27. The van der Waals surface area contributed by atoms with Crippen LogP contribution in [0, 0.1) is 11.8 Å². The summed E-state index contributed by atoms with van der Waals surface area (Å²) < 4.78 is 10.5. The van der Waals surface area contributed by atoms with Crippen molar-refractivity contribution in [1.82, 2.24) is 10.2 Å². The van der Waals surface area contributed by atoms with Crippen LogP contribution in [0.15, 0.2) is 18.2 Å². The van der Waals surface area contributed by atoms with E-state index in [1.54, 1.807) is 14.2 Å². The minimum atomic E-state index is 0.719. The fourth-order valence-corrected chi connectivity index (χ4v) is 2.04. The maximum Gasteiger partial charge on any atom is 0.161 e. The van der Waals surface area contributed by atoms with Gasteiger partial charge in [0.1, 0.15) is 0 Å². The first-order valence-electron chi connectivity index (χ1n) is 6.47. The lowest BCUT2D eigenvalue weighted by Crippen LogP contribution is -2.43. The monoisotopic (exact) mass is 260 g/mol. The highest BCUT2D eigenvalue weighted by atomic mass is 16.5. The molecule has 1 saturated heterocycles. The highest BCUT2D eigenvalue weighted by molar-refractivity contribution is 5.48. The molecule has 1 heterocycles. The molecule has 19 heavy (non-hydrogen) atoms. The second-order valence-electron chi connectivity index (χ2n) is 4.40. The fraction of sp³-hybridized carbons (Fsp3) is 0.467. The highest BCUT2D eigenvalue weighted by Gasteiger charge is 2.07. The summed E-state index contributed by atoms with van der Waals surface area (Å²) in [7, 11) is 3.27. The topological polar surface area (TPSA) is 33.7 Å². The maximum atomic E-state index is 5.26. The molecule has 0 saturated carbocycles. The molecule has 0 aromatic heterocycles. The number of rotatable bonds is 3. The number of benzene rings is 1. The van der Waals surface area contributed by atoms with Gasteiger partial charge in [-0.25, -0.2) is 0 Å². The van der Waals surface area contributed by atoms with Crippen molar-refractivity contribution in [1.29, 1.82) is 0 Å². The standard InChI is InChI=1S/C15H20N2O2/c1-18-14-6-5-13(12-15(14)19-2)4-3-9-17-10-7-16-8-11-17/h5-6,12,16H,7-11H2,1-2H3. The third kappa shape index (κ3) is 3.88. The van der Waals surface area contributed by atoms with Crippen LogP contribution in [0.2, 0.25) is 0 Å². The van der Waals surface area contributed by atoms with Gasteiger partial charge in [0.15, 0.2) is 11.5 Å². The second kappa shape index (κ2) is 7.03. The normalized spacial score (nSPS) is 15.5. The lowest BCUT2D eigenvalue weighted by Gasteiger charge is -2.24. The van der Waals surface area contributed by atoms with Gasteiger partial charge in [0.05, 0.1) is 20.8 Å². The van der Waals surface area contributed by atoms with Crippen molar-refractivity contribution in [3.05, 3.63) is 23.8 Å². The Morgan fingerprint density at radius 2 is 1.89 bits per heavy atom. The Morgan fingerprint density at radius 1 is 1.16 bits per heavy atom. The van der Waals surface area contributed by atoms with Crippen LogP contribution >= 0.6 is 0 Å². The average Bonchev–Trinajstić information content (AvgIpc) is 2.48. The number of hydrogen-bond acceptors (Lipinski definition) is 4. The van der Waals surface area contributed by atoms with E-state index in [1.165, 1.54) is 0 Å². The van der Waals surface area contributed by atoms with Gasteiger partial charge in [0.25, 0.3) is 0 Å². The van der Waals surface area contributed by atoms with E-state index >= 15 is 0 Å². The molecule has 1 aromatic carbocycles. The minimum absolute atomic E-state index is 0.719. The van der Waals surface area contributed by atoms with E-state index in [4.69, 9.17) is 9.47 Å². The molecule has 0 spiro atoms. The lowest BCUT2D eigenvalue weighted by molar-refractivity contribution is 0.268. The van der Waals surface area contributed by atoms with Gasteiger partial charge in [0.2, 0.25) is 0 Å². The van der Waals surface area contributed by atoms with Crippen molar-refractivity contribution < 1.29 is 9.47 Å². The van der Waals surface area contributed by atoms with E-state index < -0.39 is 0 Å². The summed E-state index contributed by atoms with van der Waals surface area (Å²) in [6.45, 7) is 5.06. The molecule has 1 aromatic rings. The zero-order valence-electron chi connectivity index (χ0n) is 11.5. The van der Waals surface area contributed by atoms with Crippen LogP contribution < -0.4 is 14.8 Å². The van der Waals surface area contributed by atoms with Gasteiger partial charge in [0, 0.05) is 31.7 Å². The Hall–Kier alpha value is -1.70. The van der Waals surface area contributed by atoms with E-state index in [-0.39, 0.29) is 0 Å². The second-order valence-corrected chi connectivity index (χ2v) is 4.40. The first-order valence-corrected chi connectivity index (χ1v) is 6.47. The molecule has 102 valence electrons. The lowest BCUT2D eigenvalue weighted by atomic mass is 10.2. The molecule has 0 aliphatic carbocycles. The fourth-order valence-electron chi connectivity index (χ4n) is 2.04. The summed E-state index contributed by atoms with van der Waals surface area (Å²) in [5.74, 6) is 7.83.